The highest BCUT2D eigenvalue weighted by Crippen LogP contribution is 2.35. The number of aromatic hydroxyl groups is 1. The molecule has 2 N–H and O–H groups in total. The Labute approximate surface area is 153 Å². The summed E-state index contributed by atoms with van der Waals surface area (Å²) in [6, 6.07) is 8.98. The number of carbonyl (C=O) groups excluding carboxylic acids is 1. The van der Waals surface area contributed by atoms with Gasteiger partial charge >= 0.3 is 0 Å². The lowest BCUT2D eigenvalue weighted by atomic mass is 10.1. The van der Waals surface area contributed by atoms with Crippen LogP contribution in [-0.4, -0.2) is 23.7 Å². The maximum absolute atomic E-state index is 12.2. The number of aryl methyl sites for hydroxylation is 1. The first-order chi connectivity index (χ1) is 12.5. The first-order valence-corrected chi connectivity index (χ1v) is 8.71. The van der Waals surface area contributed by atoms with E-state index in [1.165, 1.54) is 6.08 Å². The number of benzene rings is 2. The summed E-state index contributed by atoms with van der Waals surface area (Å²) in [4.78, 5) is 12.2. The summed E-state index contributed by atoms with van der Waals surface area (Å²) >= 11 is 0. The summed E-state index contributed by atoms with van der Waals surface area (Å²) in [6.45, 7) is 6.36. The SMILES string of the molecule is CCOc1cc2c(cc1/C=C/C(=O)Nc1ccc(C)cc1O)O[C@@H](C)C2. The molecule has 136 valence electrons. The van der Waals surface area contributed by atoms with Gasteiger partial charge in [0.2, 0.25) is 5.91 Å². The zero-order valence-electron chi connectivity index (χ0n) is 15.2. The molecule has 0 radical (unpaired) electrons. The van der Waals surface area contributed by atoms with Crippen LogP contribution in [0.2, 0.25) is 0 Å². The van der Waals surface area contributed by atoms with Gasteiger partial charge < -0.3 is 19.9 Å². The lowest BCUT2D eigenvalue weighted by molar-refractivity contribution is -0.111. The molecule has 5 nitrogen and oxygen atoms in total. The standard InChI is InChI=1S/C21H23NO4/c1-4-25-19-12-16-10-14(3)26-20(16)11-15(19)6-8-21(24)22-17-7-5-13(2)9-18(17)23/h5-9,11-12,14,23H,4,10H2,1-3H3,(H,22,24)/b8-6+/t14-/m0/s1. The molecule has 1 atom stereocenters. The second-order valence-electron chi connectivity index (χ2n) is 6.41. The predicted molar refractivity (Wildman–Crippen MR) is 102 cm³/mol. The molecule has 0 saturated heterocycles. The van der Waals surface area contributed by atoms with Crippen molar-refractivity contribution < 1.29 is 19.4 Å². The van der Waals surface area contributed by atoms with Gasteiger partial charge in [-0.1, -0.05) is 6.07 Å². The van der Waals surface area contributed by atoms with Crippen LogP contribution >= 0.6 is 0 Å². The van der Waals surface area contributed by atoms with Crippen molar-refractivity contribution >= 4 is 17.7 Å². The monoisotopic (exact) mass is 353 g/mol. The minimum Gasteiger partial charge on any atom is -0.506 e. The molecule has 3 rings (SSSR count). The van der Waals surface area contributed by atoms with Crippen molar-refractivity contribution in [3.63, 3.8) is 0 Å². The Hall–Kier alpha value is -2.95. The molecule has 0 saturated carbocycles. The minimum absolute atomic E-state index is 0.0432. The zero-order valence-corrected chi connectivity index (χ0v) is 15.2. The number of hydrogen-bond acceptors (Lipinski definition) is 4. The van der Waals surface area contributed by atoms with Crippen molar-refractivity contribution in [2.75, 3.05) is 11.9 Å². The van der Waals surface area contributed by atoms with Gasteiger partial charge in [0.15, 0.2) is 0 Å². The second kappa shape index (κ2) is 7.52. The Balaban J connectivity index is 1.78. The lowest BCUT2D eigenvalue weighted by Gasteiger charge is -2.10. The van der Waals surface area contributed by atoms with E-state index in [1.807, 2.05) is 39.0 Å². The molecular formula is C21H23NO4. The highest BCUT2D eigenvalue weighted by atomic mass is 16.5. The quantitative estimate of drug-likeness (QED) is 0.628. The average molecular weight is 353 g/mol. The summed E-state index contributed by atoms with van der Waals surface area (Å²) < 4.78 is 11.5. The molecule has 2 aromatic rings. The third kappa shape index (κ3) is 3.99. The molecule has 1 heterocycles. The zero-order chi connectivity index (χ0) is 18.7. The van der Waals surface area contributed by atoms with E-state index in [1.54, 1.807) is 18.2 Å². The molecule has 1 aliphatic rings. The number of ether oxygens (including phenoxy) is 2. The Bertz CT molecular complexity index is 857. The number of rotatable bonds is 5. The smallest absolute Gasteiger partial charge is 0.248 e. The molecule has 2 aromatic carbocycles. The minimum atomic E-state index is -0.332. The number of carbonyl (C=O) groups is 1. The van der Waals surface area contributed by atoms with Gasteiger partial charge in [-0.05, 0) is 56.7 Å². The highest BCUT2D eigenvalue weighted by Gasteiger charge is 2.21. The van der Waals surface area contributed by atoms with Crippen LogP contribution in [0.15, 0.2) is 36.4 Å². The van der Waals surface area contributed by atoms with Gasteiger partial charge in [0.1, 0.15) is 23.4 Å². The van der Waals surface area contributed by atoms with E-state index in [9.17, 15) is 9.90 Å². The fraction of sp³-hybridized carbons (Fsp3) is 0.286. The van der Waals surface area contributed by atoms with Crippen LogP contribution in [0.3, 0.4) is 0 Å². The van der Waals surface area contributed by atoms with Gasteiger partial charge in [0.05, 0.1) is 12.3 Å². The number of amides is 1. The summed E-state index contributed by atoms with van der Waals surface area (Å²) in [7, 11) is 0. The van der Waals surface area contributed by atoms with E-state index in [0.29, 0.717) is 12.3 Å². The van der Waals surface area contributed by atoms with Crippen LogP contribution in [0.25, 0.3) is 6.08 Å². The van der Waals surface area contributed by atoms with Gasteiger partial charge in [0, 0.05) is 23.6 Å². The Morgan fingerprint density at radius 3 is 2.92 bits per heavy atom. The molecule has 1 amide bonds. The van der Waals surface area contributed by atoms with E-state index >= 15 is 0 Å². The first-order valence-electron chi connectivity index (χ1n) is 8.71. The van der Waals surface area contributed by atoms with E-state index < -0.39 is 0 Å². The molecule has 0 unspecified atom stereocenters. The molecule has 0 aromatic heterocycles. The van der Waals surface area contributed by atoms with Crippen LogP contribution in [0.4, 0.5) is 5.69 Å². The number of phenols is 1. The third-order valence-corrected chi connectivity index (χ3v) is 4.15. The molecule has 26 heavy (non-hydrogen) atoms. The van der Waals surface area contributed by atoms with Gasteiger partial charge in [-0.15, -0.1) is 0 Å². The van der Waals surface area contributed by atoms with Crippen molar-refractivity contribution in [1.82, 2.24) is 0 Å². The molecule has 0 aliphatic carbocycles. The molecular weight excluding hydrogens is 330 g/mol. The first kappa shape index (κ1) is 17.9. The van der Waals surface area contributed by atoms with Crippen LogP contribution in [0.1, 0.15) is 30.5 Å². The summed E-state index contributed by atoms with van der Waals surface area (Å²) in [5, 5.41) is 12.6. The summed E-state index contributed by atoms with van der Waals surface area (Å²) in [5.41, 5.74) is 3.20. The Morgan fingerprint density at radius 1 is 1.38 bits per heavy atom. The number of anilines is 1. The second-order valence-corrected chi connectivity index (χ2v) is 6.41. The number of nitrogens with one attached hydrogen (secondary N) is 1. The normalized spacial score (nSPS) is 15.6. The third-order valence-electron chi connectivity index (χ3n) is 4.15. The summed E-state index contributed by atoms with van der Waals surface area (Å²) in [6.07, 6.45) is 4.11. The van der Waals surface area contributed by atoms with Crippen molar-refractivity contribution in [3.8, 4) is 17.2 Å². The van der Waals surface area contributed by atoms with Crippen molar-refractivity contribution in [1.29, 1.82) is 0 Å². The molecule has 5 heteroatoms. The Morgan fingerprint density at radius 2 is 2.19 bits per heavy atom. The fourth-order valence-corrected chi connectivity index (χ4v) is 2.95. The maximum atomic E-state index is 12.2. The van der Waals surface area contributed by atoms with Gasteiger partial charge in [-0.2, -0.15) is 0 Å². The van der Waals surface area contributed by atoms with Crippen LogP contribution in [-0.2, 0) is 11.2 Å². The number of phenolic OH excluding ortho intramolecular Hbond substituents is 1. The van der Waals surface area contributed by atoms with E-state index in [4.69, 9.17) is 9.47 Å². The average Bonchev–Trinajstić information content (AvgIpc) is 2.94. The predicted octanol–water partition coefficient (Wildman–Crippen LogP) is 4.07. The molecule has 0 fully saturated rings. The lowest BCUT2D eigenvalue weighted by Crippen LogP contribution is -2.08. The summed E-state index contributed by atoms with van der Waals surface area (Å²) in [5.74, 6) is 1.27. The van der Waals surface area contributed by atoms with Crippen molar-refractivity contribution in [3.05, 3.63) is 53.1 Å². The Kier molecular flexibility index (Phi) is 5.16. The topological polar surface area (TPSA) is 67.8 Å². The van der Waals surface area contributed by atoms with Crippen LogP contribution < -0.4 is 14.8 Å². The van der Waals surface area contributed by atoms with Crippen LogP contribution in [0, 0.1) is 6.92 Å². The molecule has 0 bridgehead atoms. The number of fused-ring (bicyclic) bond motifs is 1. The van der Waals surface area contributed by atoms with Gasteiger partial charge in [-0.3, -0.25) is 4.79 Å². The number of hydrogen-bond donors (Lipinski definition) is 2. The van der Waals surface area contributed by atoms with E-state index in [-0.39, 0.29) is 17.8 Å². The highest BCUT2D eigenvalue weighted by molar-refractivity contribution is 6.03. The molecule has 0 spiro atoms. The maximum Gasteiger partial charge on any atom is 0.248 e. The van der Waals surface area contributed by atoms with Crippen molar-refractivity contribution in [2.45, 2.75) is 33.3 Å². The van der Waals surface area contributed by atoms with E-state index in [0.717, 1.165) is 34.6 Å². The van der Waals surface area contributed by atoms with Crippen LogP contribution in [0.5, 0.6) is 17.2 Å². The fourth-order valence-electron chi connectivity index (χ4n) is 2.95. The van der Waals surface area contributed by atoms with Crippen molar-refractivity contribution in [2.24, 2.45) is 0 Å². The van der Waals surface area contributed by atoms with Gasteiger partial charge in [-0.25, -0.2) is 0 Å². The van der Waals surface area contributed by atoms with Gasteiger partial charge in [0.25, 0.3) is 0 Å². The molecule has 1 aliphatic heterocycles. The largest absolute Gasteiger partial charge is 0.506 e. The van der Waals surface area contributed by atoms with E-state index in [2.05, 4.69) is 5.32 Å².